The molecule has 1 unspecified atom stereocenters. The molecule has 0 fully saturated rings. The van der Waals surface area contributed by atoms with Gasteiger partial charge in [0, 0.05) is 18.1 Å². The van der Waals surface area contributed by atoms with Crippen molar-refractivity contribution < 1.29 is 26.8 Å². The predicted molar refractivity (Wildman–Crippen MR) is 72.3 cm³/mol. The van der Waals surface area contributed by atoms with Crippen molar-refractivity contribution in [3.63, 3.8) is 0 Å². The fraction of sp³-hybridized carbons (Fsp3) is 0.538. The Morgan fingerprint density at radius 3 is 2.65 bits per heavy atom. The highest BCUT2D eigenvalue weighted by Crippen LogP contribution is 2.38. The first-order chi connectivity index (χ1) is 9.21. The second-order valence-electron chi connectivity index (χ2n) is 5.28. The maximum absolute atomic E-state index is 11.2. The molecular weight excluding hydrogens is 284 g/mol. The lowest BCUT2D eigenvalue weighted by Crippen LogP contribution is -2.26. The molecule has 7 heteroatoms. The van der Waals surface area contributed by atoms with Crippen LogP contribution in [0.1, 0.15) is 19.4 Å². The van der Waals surface area contributed by atoms with Crippen LogP contribution in [0.5, 0.6) is 11.5 Å². The number of methoxy groups -OCH3 is 1. The van der Waals surface area contributed by atoms with Gasteiger partial charge in [0.2, 0.25) is 0 Å². The third-order valence-corrected chi connectivity index (χ3v) is 3.42. The Kier molecular flexibility index (Phi) is 3.95. The van der Waals surface area contributed by atoms with Crippen LogP contribution in [0.4, 0.5) is 0 Å². The van der Waals surface area contributed by atoms with E-state index in [1.165, 1.54) is 13.2 Å². The van der Waals surface area contributed by atoms with E-state index in [-0.39, 0.29) is 11.2 Å². The number of fused-ring (bicyclic) bond motifs is 1. The predicted octanol–water partition coefficient (Wildman–Crippen LogP) is 1.64. The van der Waals surface area contributed by atoms with Crippen molar-refractivity contribution in [1.82, 2.24) is 0 Å². The third-order valence-electron chi connectivity index (χ3n) is 2.92. The molecule has 0 bridgehead atoms. The Hall–Kier alpha value is -1.31. The van der Waals surface area contributed by atoms with Gasteiger partial charge in [-0.3, -0.25) is 0 Å². The minimum atomic E-state index is -3.56. The van der Waals surface area contributed by atoms with E-state index in [4.69, 9.17) is 18.4 Å². The molecule has 0 spiro atoms. The molecule has 0 amide bonds. The van der Waals surface area contributed by atoms with Gasteiger partial charge in [-0.2, -0.15) is 8.42 Å². The van der Waals surface area contributed by atoms with Gasteiger partial charge in [0.25, 0.3) is 0 Å². The number of hydrogen-bond donors (Lipinski definition) is 0. The maximum atomic E-state index is 11.2. The van der Waals surface area contributed by atoms with Crippen LogP contribution in [0.2, 0.25) is 0 Å². The van der Waals surface area contributed by atoms with Crippen molar-refractivity contribution in [3.8, 4) is 11.5 Å². The third kappa shape index (κ3) is 3.41. The molecular formula is C13H18O6S. The second kappa shape index (κ2) is 5.23. The zero-order valence-corrected chi connectivity index (χ0v) is 12.7. The first-order valence-electron chi connectivity index (χ1n) is 6.06. The van der Waals surface area contributed by atoms with Crippen molar-refractivity contribution in [2.75, 3.05) is 20.0 Å². The Bertz CT molecular complexity index is 593. The average Bonchev–Trinajstić information content (AvgIpc) is 2.45. The summed E-state index contributed by atoms with van der Waals surface area (Å²) in [7, 11) is -2.07. The molecule has 1 atom stereocenters. The van der Waals surface area contributed by atoms with Gasteiger partial charge in [-0.05, 0) is 18.2 Å². The number of ether oxygens (including phenoxy) is 3. The van der Waals surface area contributed by atoms with Crippen LogP contribution < -0.4 is 8.92 Å². The van der Waals surface area contributed by atoms with Crippen molar-refractivity contribution in [1.29, 1.82) is 0 Å². The second-order valence-corrected chi connectivity index (χ2v) is 6.86. The van der Waals surface area contributed by atoms with Gasteiger partial charge < -0.3 is 18.4 Å². The molecule has 0 radical (unpaired) electrons. The van der Waals surface area contributed by atoms with Crippen molar-refractivity contribution in [3.05, 3.63) is 23.8 Å². The zero-order chi connectivity index (χ0) is 15.0. The molecule has 2 rings (SSSR count). The molecule has 20 heavy (non-hydrogen) atoms. The fourth-order valence-corrected chi connectivity index (χ4v) is 2.43. The SMILES string of the molecule is COC1OCC(C)(C)c2cc(OS(C)(=O)=O)ccc2O1. The summed E-state index contributed by atoms with van der Waals surface area (Å²) in [6, 6.07) is 4.84. The summed E-state index contributed by atoms with van der Waals surface area (Å²) < 4.78 is 43.4. The summed E-state index contributed by atoms with van der Waals surface area (Å²) in [6.45, 7) is 3.53. The van der Waals surface area contributed by atoms with Crippen LogP contribution in [-0.4, -0.2) is 34.9 Å². The van der Waals surface area contributed by atoms with Gasteiger partial charge in [-0.25, -0.2) is 0 Å². The summed E-state index contributed by atoms with van der Waals surface area (Å²) in [5.74, 6) is 0.832. The molecule has 1 aromatic carbocycles. The first-order valence-corrected chi connectivity index (χ1v) is 7.88. The van der Waals surface area contributed by atoms with Crippen molar-refractivity contribution >= 4 is 10.1 Å². The van der Waals surface area contributed by atoms with E-state index in [0.717, 1.165) is 11.8 Å². The van der Waals surface area contributed by atoms with Crippen molar-refractivity contribution in [2.45, 2.75) is 25.7 Å². The summed E-state index contributed by atoms with van der Waals surface area (Å²) in [5, 5.41) is 0. The standard InChI is InChI=1S/C13H18O6S/c1-13(2)8-17-12(16-3)18-11-6-5-9(7-10(11)13)19-20(4,14)15/h5-7,12H,8H2,1-4H3. The van der Waals surface area contributed by atoms with Gasteiger partial charge in [0.1, 0.15) is 11.5 Å². The van der Waals surface area contributed by atoms with Crippen LogP contribution >= 0.6 is 0 Å². The van der Waals surface area contributed by atoms with E-state index in [1.807, 2.05) is 13.8 Å². The zero-order valence-electron chi connectivity index (χ0n) is 11.9. The Morgan fingerprint density at radius 1 is 1.35 bits per heavy atom. The molecule has 1 aliphatic rings. The van der Waals surface area contributed by atoms with Gasteiger partial charge in [-0.15, -0.1) is 0 Å². The lowest BCUT2D eigenvalue weighted by Gasteiger charge is -2.23. The lowest BCUT2D eigenvalue weighted by molar-refractivity contribution is -0.233. The van der Waals surface area contributed by atoms with Crippen LogP contribution in [0, 0.1) is 0 Å². The maximum Gasteiger partial charge on any atom is 0.315 e. The first kappa shape index (κ1) is 15.1. The Balaban J connectivity index is 2.42. The van der Waals surface area contributed by atoms with E-state index in [1.54, 1.807) is 12.1 Å². The highest BCUT2D eigenvalue weighted by molar-refractivity contribution is 7.86. The average molecular weight is 302 g/mol. The van der Waals surface area contributed by atoms with E-state index >= 15 is 0 Å². The van der Waals surface area contributed by atoms with E-state index < -0.39 is 16.6 Å². The highest BCUT2D eigenvalue weighted by atomic mass is 32.2. The summed E-state index contributed by atoms with van der Waals surface area (Å²) in [4.78, 5) is 0. The number of benzene rings is 1. The Morgan fingerprint density at radius 2 is 2.05 bits per heavy atom. The summed E-state index contributed by atoms with van der Waals surface area (Å²) >= 11 is 0. The number of rotatable bonds is 3. The topological polar surface area (TPSA) is 71.1 Å². The monoisotopic (exact) mass is 302 g/mol. The minimum Gasteiger partial charge on any atom is -0.441 e. The van der Waals surface area contributed by atoms with E-state index in [2.05, 4.69) is 0 Å². The highest BCUT2D eigenvalue weighted by Gasteiger charge is 2.32. The van der Waals surface area contributed by atoms with Crippen LogP contribution in [0.25, 0.3) is 0 Å². The van der Waals surface area contributed by atoms with Crippen LogP contribution in [0.15, 0.2) is 18.2 Å². The molecule has 0 saturated carbocycles. The smallest absolute Gasteiger partial charge is 0.315 e. The van der Waals surface area contributed by atoms with Crippen LogP contribution in [-0.2, 0) is 25.0 Å². The minimum absolute atomic E-state index is 0.249. The van der Waals surface area contributed by atoms with E-state index in [9.17, 15) is 8.42 Å². The van der Waals surface area contributed by atoms with Gasteiger partial charge in [0.15, 0.2) is 0 Å². The molecule has 6 nitrogen and oxygen atoms in total. The fourth-order valence-electron chi connectivity index (χ4n) is 1.98. The molecule has 0 aromatic heterocycles. The van der Waals surface area contributed by atoms with Gasteiger partial charge >= 0.3 is 16.6 Å². The summed E-state index contributed by atoms with van der Waals surface area (Å²) in [5.41, 5.74) is 0.442. The van der Waals surface area contributed by atoms with E-state index in [0.29, 0.717) is 12.4 Å². The molecule has 1 aromatic rings. The largest absolute Gasteiger partial charge is 0.441 e. The molecule has 112 valence electrons. The molecule has 0 N–H and O–H groups in total. The number of hydrogen-bond acceptors (Lipinski definition) is 6. The summed E-state index contributed by atoms with van der Waals surface area (Å²) in [6.07, 6.45) is 1.00. The molecule has 1 heterocycles. The van der Waals surface area contributed by atoms with Crippen LogP contribution in [0.3, 0.4) is 0 Å². The normalized spacial score (nSPS) is 21.5. The molecule has 0 aliphatic carbocycles. The van der Waals surface area contributed by atoms with Gasteiger partial charge in [-0.1, -0.05) is 13.8 Å². The Labute approximate surface area is 118 Å². The van der Waals surface area contributed by atoms with Crippen molar-refractivity contribution in [2.24, 2.45) is 0 Å². The quantitative estimate of drug-likeness (QED) is 0.791. The van der Waals surface area contributed by atoms with Gasteiger partial charge in [0.05, 0.1) is 12.9 Å². The molecule has 0 saturated heterocycles. The lowest BCUT2D eigenvalue weighted by atomic mass is 9.85. The molecule has 1 aliphatic heterocycles.